The van der Waals surface area contributed by atoms with Crippen LogP contribution in [0.15, 0.2) is 54.6 Å². The summed E-state index contributed by atoms with van der Waals surface area (Å²) in [4.78, 5) is 35.8. The van der Waals surface area contributed by atoms with E-state index in [1.54, 1.807) is 24.3 Å². The highest BCUT2D eigenvalue weighted by molar-refractivity contribution is 5.86. The van der Waals surface area contributed by atoms with Crippen LogP contribution in [0.1, 0.15) is 24.8 Å². The normalized spacial score (nSPS) is 15.7. The molecule has 0 saturated heterocycles. The van der Waals surface area contributed by atoms with Gasteiger partial charge < -0.3 is 14.2 Å². The van der Waals surface area contributed by atoms with Crippen molar-refractivity contribution in [2.45, 2.75) is 25.4 Å². The lowest BCUT2D eigenvalue weighted by atomic mass is 9.98. The van der Waals surface area contributed by atoms with Crippen LogP contribution in [0.2, 0.25) is 0 Å². The summed E-state index contributed by atoms with van der Waals surface area (Å²) in [5, 5.41) is 0. The summed E-state index contributed by atoms with van der Waals surface area (Å²) >= 11 is 0. The Morgan fingerprint density at radius 3 is 2.48 bits per heavy atom. The Hall–Kier alpha value is -3.55. The molecule has 0 radical (unpaired) electrons. The lowest BCUT2D eigenvalue weighted by Crippen LogP contribution is -2.51. The minimum absolute atomic E-state index is 0.0189. The maximum Gasteiger partial charge on any atom is 0.306 e. The van der Waals surface area contributed by atoms with E-state index in [2.05, 4.69) is 10.9 Å². The van der Waals surface area contributed by atoms with Crippen molar-refractivity contribution in [3.05, 3.63) is 60.2 Å². The number of benzene rings is 2. The summed E-state index contributed by atoms with van der Waals surface area (Å²) in [7, 11) is 0. The lowest BCUT2D eigenvalue weighted by Gasteiger charge is -2.25. The minimum atomic E-state index is -0.903. The predicted octanol–water partition coefficient (Wildman–Crippen LogP) is 1.71. The number of hydrazine groups is 1. The molecule has 2 aromatic rings. The molecule has 1 aliphatic heterocycles. The summed E-state index contributed by atoms with van der Waals surface area (Å²) in [5.41, 5.74) is 5.44. The van der Waals surface area contributed by atoms with Crippen LogP contribution in [0.5, 0.6) is 11.5 Å². The fraction of sp³-hybridized carbons (Fsp3) is 0.286. The van der Waals surface area contributed by atoms with Crippen LogP contribution in [-0.2, 0) is 19.1 Å². The van der Waals surface area contributed by atoms with E-state index in [9.17, 15) is 14.4 Å². The van der Waals surface area contributed by atoms with E-state index in [1.807, 2.05) is 37.3 Å². The van der Waals surface area contributed by atoms with Crippen molar-refractivity contribution in [2.24, 2.45) is 0 Å². The van der Waals surface area contributed by atoms with Crippen molar-refractivity contribution >= 4 is 17.8 Å². The predicted molar refractivity (Wildman–Crippen MR) is 103 cm³/mol. The van der Waals surface area contributed by atoms with E-state index < -0.39 is 30.5 Å². The van der Waals surface area contributed by atoms with E-state index in [-0.39, 0.29) is 18.9 Å². The molecule has 8 nitrogen and oxygen atoms in total. The van der Waals surface area contributed by atoms with Gasteiger partial charge in [-0.25, -0.2) is 0 Å². The number of para-hydroxylation sites is 2. The number of carbonyl (C=O) groups excluding carboxylic acids is 3. The first-order chi connectivity index (χ1) is 14.0. The SMILES string of the molecule is C[C@H](CC(=O)OCC(=O)NNC(=O)[C@H]1COc2ccccc2O1)c1ccccc1. The summed E-state index contributed by atoms with van der Waals surface area (Å²) in [6, 6.07) is 16.5. The van der Waals surface area contributed by atoms with E-state index in [0.29, 0.717) is 11.5 Å². The van der Waals surface area contributed by atoms with E-state index >= 15 is 0 Å². The van der Waals surface area contributed by atoms with Crippen LogP contribution in [0, 0.1) is 0 Å². The second kappa shape index (κ2) is 9.59. The average molecular weight is 398 g/mol. The van der Waals surface area contributed by atoms with Crippen molar-refractivity contribution in [3.63, 3.8) is 0 Å². The largest absolute Gasteiger partial charge is 0.485 e. The fourth-order valence-corrected chi connectivity index (χ4v) is 2.75. The van der Waals surface area contributed by atoms with E-state index in [4.69, 9.17) is 14.2 Å². The van der Waals surface area contributed by atoms with E-state index in [0.717, 1.165) is 5.56 Å². The van der Waals surface area contributed by atoms with Gasteiger partial charge in [0, 0.05) is 0 Å². The molecule has 1 aliphatic rings. The van der Waals surface area contributed by atoms with Crippen LogP contribution >= 0.6 is 0 Å². The van der Waals surface area contributed by atoms with Gasteiger partial charge >= 0.3 is 5.97 Å². The average Bonchev–Trinajstić information content (AvgIpc) is 2.76. The molecule has 0 unspecified atom stereocenters. The molecule has 152 valence electrons. The third-order valence-corrected chi connectivity index (χ3v) is 4.33. The Labute approximate surface area is 168 Å². The van der Waals surface area contributed by atoms with Gasteiger partial charge in [-0.1, -0.05) is 49.4 Å². The Morgan fingerprint density at radius 1 is 1.03 bits per heavy atom. The Kier molecular flexibility index (Phi) is 6.67. The van der Waals surface area contributed by atoms with Crippen molar-refractivity contribution < 1.29 is 28.6 Å². The smallest absolute Gasteiger partial charge is 0.306 e. The zero-order valence-corrected chi connectivity index (χ0v) is 15.9. The van der Waals surface area contributed by atoms with Crippen LogP contribution < -0.4 is 20.3 Å². The number of rotatable bonds is 6. The molecule has 0 spiro atoms. The molecular formula is C21H22N2O6. The fourth-order valence-electron chi connectivity index (χ4n) is 2.75. The first-order valence-electron chi connectivity index (χ1n) is 9.20. The first kappa shape index (κ1) is 20.2. The van der Waals surface area contributed by atoms with Gasteiger partial charge in [0.1, 0.15) is 6.61 Å². The van der Waals surface area contributed by atoms with Gasteiger partial charge in [-0.15, -0.1) is 0 Å². The molecule has 2 amide bonds. The Balaban J connectivity index is 1.36. The van der Waals surface area contributed by atoms with Crippen molar-refractivity contribution in [1.29, 1.82) is 0 Å². The zero-order chi connectivity index (χ0) is 20.6. The number of hydrogen-bond acceptors (Lipinski definition) is 6. The summed E-state index contributed by atoms with van der Waals surface area (Å²) in [6.45, 7) is 1.43. The first-order valence-corrected chi connectivity index (χ1v) is 9.20. The lowest BCUT2D eigenvalue weighted by molar-refractivity contribution is -0.149. The van der Waals surface area contributed by atoms with Crippen molar-refractivity contribution in [3.8, 4) is 11.5 Å². The molecule has 0 fully saturated rings. The van der Waals surface area contributed by atoms with Gasteiger partial charge in [-0.2, -0.15) is 0 Å². The Morgan fingerprint density at radius 2 is 1.72 bits per heavy atom. The molecule has 2 atom stereocenters. The topological polar surface area (TPSA) is 103 Å². The monoisotopic (exact) mass is 398 g/mol. The minimum Gasteiger partial charge on any atom is -0.485 e. The second-order valence-corrected chi connectivity index (χ2v) is 6.58. The quantitative estimate of drug-likeness (QED) is 0.567. The van der Waals surface area contributed by atoms with Gasteiger partial charge in [0.25, 0.3) is 11.8 Å². The molecule has 8 heteroatoms. The third-order valence-electron chi connectivity index (χ3n) is 4.33. The molecule has 1 heterocycles. The zero-order valence-electron chi connectivity index (χ0n) is 15.9. The highest BCUT2D eigenvalue weighted by atomic mass is 16.6. The number of carbonyl (C=O) groups is 3. The standard InChI is InChI=1S/C21H22N2O6/c1-14(15-7-3-2-4-8-15)11-20(25)28-13-19(24)22-23-21(26)18-12-27-16-9-5-6-10-17(16)29-18/h2-10,14,18H,11-13H2,1H3,(H,22,24)(H,23,26)/t14-,18-/m1/s1. The summed E-state index contributed by atoms with van der Waals surface area (Å²) < 4.78 is 15.9. The van der Waals surface area contributed by atoms with Gasteiger partial charge in [-0.05, 0) is 23.6 Å². The van der Waals surface area contributed by atoms with Crippen molar-refractivity contribution in [2.75, 3.05) is 13.2 Å². The number of hydrogen-bond donors (Lipinski definition) is 2. The molecule has 3 rings (SSSR count). The Bertz CT molecular complexity index is 870. The summed E-state index contributed by atoms with van der Waals surface area (Å²) in [6.07, 6.45) is -0.754. The molecule has 29 heavy (non-hydrogen) atoms. The summed E-state index contributed by atoms with van der Waals surface area (Å²) in [5.74, 6) is -0.752. The molecule has 0 bridgehead atoms. The van der Waals surface area contributed by atoms with E-state index in [1.165, 1.54) is 0 Å². The number of ether oxygens (including phenoxy) is 3. The third kappa shape index (κ3) is 5.71. The molecule has 0 aliphatic carbocycles. The molecule has 2 aromatic carbocycles. The number of esters is 1. The highest BCUT2D eigenvalue weighted by Gasteiger charge is 2.27. The maximum atomic E-state index is 12.1. The van der Waals surface area contributed by atoms with Gasteiger partial charge in [0.2, 0.25) is 6.10 Å². The van der Waals surface area contributed by atoms with Crippen molar-refractivity contribution in [1.82, 2.24) is 10.9 Å². The molecule has 2 N–H and O–H groups in total. The number of nitrogens with one attached hydrogen (secondary N) is 2. The van der Waals surface area contributed by atoms with Crippen LogP contribution in [0.3, 0.4) is 0 Å². The van der Waals surface area contributed by atoms with Crippen LogP contribution in [-0.4, -0.2) is 37.1 Å². The van der Waals surface area contributed by atoms with Gasteiger partial charge in [0.05, 0.1) is 6.42 Å². The molecule has 0 saturated carbocycles. The molecular weight excluding hydrogens is 376 g/mol. The van der Waals surface area contributed by atoms with Crippen LogP contribution in [0.4, 0.5) is 0 Å². The number of amides is 2. The van der Waals surface area contributed by atoms with Gasteiger partial charge in [0.15, 0.2) is 18.1 Å². The second-order valence-electron chi connectivity index (χ2n) is 6.58. The molecule has 0 aromatic heterocycles. The highest BCUT2D eigenvalue weighted by Crippen LogP contribution is 2.30. The van der Waals surface area contributed by atoms with Crippen LogP contribution in [0.25, 0.3) is 0 Å². The van der Waals surface area contributed by atoms with Gasteiger partial charge in [-0.3, -0.25) is 25.2 Å². The maximum absolute atomic E-state index is 12.1. The number of fused-ring (bicyclic) bond motifs is 1.